The summed E-state index contributed by atoms with van der Waals surface area (Å²) < 4.78 is 0. The number of hydrogen-bond acceptors (Lipinski definition) is 3. The molecule has 2 amide bonds. The highest BCUT2D eigenvalue weighted by Crippen LogP contribution is 2.30. The molecule has 5 heteroatoms. The van der Waals surface area contributed by atoms with E-state index in [1.807, 2.05) is 32.9 Å². The van der Waals surface area contributed by atoms with Gasteiger partial charge in [-0.15, -0.1) is 0 Å². The molecule has 1 aromatic rings. The second-order valence-corrected chi connectivity index (χ2v) is 6.57. The van der Waals surface area contributed by atoms with Gasteiger partial charge in [0.15, 0.2) is 0 Å². The lowest BCUT2D eigenvalue weighted by molar-refractivity contribution is -0.122. The lowest BCUT2D eigenvalue weighted by atomic mass is 9.89. The van der Waals surface area contributed by atoms with Gasteiger partial charge in [-0.05, 0) is 11.5 Å². The van der Waals surface area contributed by atoms with Crippen molar-refractivity contribution < 1.29 is 14.7 Å². The zero-order valence-electron chi connectivity index (χ0n) is 13.2. The van der Waals surface area contributed by atoms with E-state index in [4.69, 9.17) is 0 Å². The number of hydrogen-bond donors (Lipinski definition) is 2. The Balaban J connectivity index is 1.97. The molecule has 5 nitrogen and oxygen atoms in total. The van der Waals surface area contributed by atoms with Gasteiger partial charge in [0.05, 0.1) is 6.10 Å². The van der Waals surface area contributed by atoms with Crippen LogP contribution in [0.1, 0.15) is 36.7 Å². The molecule has 1 aromatic carbocycles. The summed E-state index contributed by atoms with van der Waals surface area (Å²) in [6.45, 7) is 9.64. The van der Waals surface area contributed by atoms with E-state index in [-0.39, 0.29) is 30.3 Å². The van der Waals surface area contributed by atoms with Crippen LogP contribution in [0.15, 0.2) is 30.8 Å². The molecular weight excluding hydrogens is 280 g/mol. The Morgan fingerprint density at radius 2 is 1.91 bits per heavy atom. The Morgan fingerprint density at radius 1 is 1.32 bits per heavy atom. The Kier molecular flexibility index (Phi) is 4.37. The molecule has 0 saturated heterocycles. The fourth-order valence-corrected chi connectivity index (χ4v) is 2.22. The monoisotopic (exact) mass is 302 g/mol. The molecule has 1 aliphatic rings. The molecule has 0 fully saturated rings. The van der Waals surface area contributed by atoms with Crippen molar-refractivity contribution in [2.75, 3.05) is 13.1 Å². The van der Waals surface area contributed by atoms with Gasteiger partial charge in [0, 0.05) is 23.4 Å². The Labute approximate surface area is 130 Å². The Bertz CT molecular complexity index is 582. The SMILES string of the molecule is C=C1c2ccccc2C(=O)N1CC(=O)NCC(O)C(C)(C)C. The molecule has 0 bridgehead atoms. The zero-order chi connectivity index (χ0) is 16.5. The quantitative estimate of drug-likeness (QED) is 0.888. The molecular formula is C17H22N2O3. The average molecular weight is 302 g/mol. The van der Waals surface area contributed by atoms with E-state index in [1.165, 1.54) is 4.90 Å². The predicted octanol–water partition coefficient (Wildman–Crippen LogP) is 1.64. The van der Waals surface area contributed by atoms with Crippen LogP contribution in [0.5, 0.6) is 0 Å². The molecule has 2 rings (SSSR count). The standard InChI is InChI=1S/C17H22N2O3/c1-11-12-7-5-6-8-13(12)16(22)19(11)10-15(21)18-9-14(20)17(2,3)4/h5-8,14,20H,1,9-10H2,2-4H3,(H,18,21). The van der Waals surface area contributed by atoms with Crippen molar-refractivity contribution in [2.24, 2.45) is 5.41 Å². The summed E-state index contributed by atoms with van der Waals surface area (Å²) in [6.07, 6.45) is -0.647. The highest BCUT2D eigenvalue weighted by molar-refractivity contribution is 6.10. The van der Waals surface area contributed by atoms with Crippen LogP contribution in [-0.2, 0) is 4.79 Å². The van der Waals surface area contributed by atoms with Crippen LogP contribution < -0.4 is 5.32 Å². The summed E-state index contributed by atoms with van der Waals surface area (Å²) >= 11 is 0. The van der Waals surface area contributed by atoms with Gasteiger partial charge in [0.25, 0.3) is 5.91 Å². The summed E-state index contributed by atoms with van der Waals surface area (Å²) in [5.41, 5.74) is 1.55. The van der Waals surface area contributed by atoms with Crippen molar-refractivity contribution in [3.63, 3.8) is 0 Å². The minimum absolute atomic E-state index is 0.0940. The smallest absolute Gasteiger partial charge is 0.259 e. The largest absolute Gasteiger partial charge is 0.391 e. The maximum atomic E-state index is 12.3. The molecule has 1 unspecified atom stereocenters. The van der Waals surface area contributed by atoms with Crippen molar-refractivity contribution in [1.29, 1.82) is 0 Å². The second kappa shape index (κ2) is 5.93. The van der Waals surface area contributed by atoms with Crippen molar-refractivity contribution in [3.8, 4) is 0 Å². The third-order valence-electron chi connectivity index (χ3n) is 3.83. The van der Waals surface area contributed by atoms with Gasteiger partial charge < -0.3 is 10.4 Å². The number of aliphatic hydroxyl groups excluding tert-OH is 1. The van der Waals surface area contributed by atoms with Gasteiger partial charge in [-0.1, -0.05) is 45.5 Å². The highest BCUT2D eigenvalue weighted by atomic mass is 16.3. The lowest BCUT2D eigenvalue weighted by Crippen LogP contribution is -2.43. The molecule has 0 saturated carbocycles. The molecule has 118 valence electrons. The fourth-order valence-electron chi connectivity index (χ4n) is 2.22. The summed E-state index contributed by atoms with van der Waals surface area (Å²) in [4.78, 5) is 25.7. The first-order valence-corrected chi connectivity index (χ1v) is 7.26. The normalized spacial score (nSPS) is 15.7. The van der Waals surface area contributed by atoms with E-state index in [0.717, 1.165) is 5.56 Å². The highest BCUT2D eigenvalue weighted by Gasteiger charge is 2.32. The fraction of sp³-hybridized carbons (Fsp3) is 0.412. The van der Waals surface area contributed by atoms with Crippen molar-refractivity contribution in [3.05, 3.63) is 42.0 Å². The number of benzene rings is 1. The van der Waals surface area contributed by atoms with Gasteiger partial charge in [-0.2, -0.15) is 0 Å². The molecule has 22 heavy (non-hydrogen) atoms. The van der Waals surface area contributed by atoms with Crippen LogP contribution in [0.2, 0.25) is 0 Å². The van der Waals surface area contributed by atoms with E-state index >= 15 is 0 Å². The van der Waals surface area contributed by atoms with Crippen LogP contribution >= 0.6 is 0 Å². The van der Waals surface area contributed by atoms with Crippen molar-refractivity contribution in [2.45, 2.75) is 26.9 Å². The number of rotatable bonds is 4. The first kappa shape index (κ1) is 16.2. The van der Waals surface area contributed by atoms with E-state index in [2.05, 4.69) is 11.9 Å². The first-order chi connectivity index (χ1) is 10.2. The third-order valence-corrected chi connectivity index (χ3v) is 3.83. The molecule has 0 aliphatic carbocycles. The number of amides is 2. The Hall–Kier alpha value is -2.14. The molecule has 0 radical (unpaired) electrons. The van der Waals surface area contributed by atoms with Crippen molar-refractivity contribution in [1.82, 2.24) is 10.2 Å². The minimum atomic E-state index is -0.647. The number of nitrogens with one attached hydrogen (secondary N) is 1. The van der Waals surface area contributed by atoms with Gasteiger partial charge in [0.1, 0.15) is 6.54 Å². The summed E-state index contributed by atoms with van der Waals surface area (Å²) in [5, 5.41) is 12.6. The number of carbonyl (C=O) groups excluding carboxylic acids is 2. The summed E-state index contributed by atoms with van der Waals surface area (Å²) in [6, 6.07) is 7.16. The molecule has 1 heterocycles. The summed E-state index contributed by atoms with van der Waals surface area (Å²) in [7, 11) is 0. The molecule has 2 N–H and O–H groups in total. The molecule has 0 spiro atoms. The maximum Gasteiger partial charge on any atom is 0.259 e. The van der Waals surface area contributed by atoms with Crippen molar-refractivity contribution >= 4 is 17.5 Å². The molecule has 0 aromatic heterocycles. The van der Waals surface area contributed by atoms with E-state index in [1.54, 1.807) is 12.1 Å². The second-order valence-electron chi connectivity index (χ2n) is 6.57. The third kappa shape index (κ3) is 3.20. The first-order valence-electron chi connectivity index (χ1n) is 7.26. The maximum absolute atomic E-state index is 12.3. The van der Waals surface area contributed by atoms with E-state index < -0.39 is 6.10 Å². The topological polar surface area (TPSA) is 69.6 Å². The van der Waals surface area contributed by atoms with Crippen LogP contribution in [0.4, 0.5) is 0 Å². The van der Waals surface area contributed by atoms with E-state index in [9.17, 15) is 14.7 Å². The number of aliphatic hydroxyl groups is 1. The van der Waals surface area contributed by atoms with E-state index in [0.29, 0.717) is 11.3 Å². The van der Waals surface area contributed by atoms with Gasteiger partial charge in [-0.3, -0.25) is 14.5 Å². The molecule has 1 aliphatic heterocycles. The average Bonchev–Trinajstić information content (AvgIpc) is 2.69. The lowest BCUT2D eigenvalue weighted by Gasteiger charge is -2.26. The number of carbonyl (C=O) groups is 2. The van der Waals surface area contributed by atoms with Crippen LogP contribution in [0.3, 0.4) is 0 Å². The van der Waals surface area contributed by atoms with Gasteiger partial charge in [-0.25, -0.2) is 0 Å². The van der Waals surface area contributed by atoms with Crippen LogP contribution in [-0.4, -0.2) is 41.0 Å². The number of nitrogens with zero attached hydrogens (tertiary/aromatic N) is 1. The zero-order valence-corrected chi connectivity index (χ0v) is 13.2. The predicted molar refractivity (Wildman–Crippen MR) is 85.0 cm³/mol. The number of fused-ring (bicyclic) bond motifs is 1. The van der Waals surface area contributed by atoms with Gasteiger partial charge >= 0.3 is 0 Å². The van der Waals surface area contributed by atoms with Crippen LogP contribution in [0, 0.1) is 5.41 Å². The Morgan fingerprint density at radius 3 is 2.45 bits per heavy atom. The molecule has 1 atom stereocenters. The van der Waals surface area contributed by atoms with Crippen LogP contribution in [0.25, 0.3) is 5.70 Å². The van der Waals surface area contributed by atoms with Gasteiger partial charge in [0.2, 0.25) is 5.91 Å². The summed E-state index contributed by atoms with van der Waals surface area (Å²) in [5.74, 6) is -0.530. The minimum Gasteiger partial charge on any atom is -0.391 e.